The van der Waals surface area contributed by atoms with Crippen LogP contribution in [0.4, 0.5) is 4.79 Å². The first kappa shape index (κ1) is 14.2. The second kappa shape index (κ2) is 4.81. The van der Waals surface area contributed by atoms with Crippen LogP contribution < -0.4 is 11.1 Å². The number of hydrogen-bond acceptors (Lipinski definition) is 5. The van der Waals surface area contributed by atoms with E-state index < -0.39 is 27.6 Å². The molecule has 0 spiro atoms. The van der Waals surface area contributed by atoms with E-state index in [4.69, 9.17) is 10.5 Å². The van der Waals surface area contributed by atoms with Crippen molar-refractivity contribution >= 4 is 15.9 Å². The fourth-order valence-corrected chi connectivity index (χ4v) is 3.70. The lowest BCUT2D eigenvalue weighted by atomic mass is 10.1. The van der Waals surface area contributed by atoms with Crippen LogP contribution in [0.5, 0.6) is 0 Å². The quantitative estimate of drug-likeness (QED) is 0.724. The van der Waals surface area contributed by atoms with Crippen LogP contribution in [0.25, 0.3) is 0 Å². The predicted octanol–water partition coefficient (Wildman–Crippen LogP) is -0.117. The van der Waals surface area contributed by atoms with E-state index >= 15 is 0 Å². The number of carbonyl (C=O) groups excluding carboxylic acids is 1. The van der Waals surface area contributed by atoms with Gasteiger partial charge in [-0.3, -0.25) is 0 Å². The van der Waals surface area contributed by atoms with E-state index in [-0.39, 0.29) is 24.0 Å². The van der Waals surface area contributed by atoms with E-state index in [1.807, 2.05) is 0 Å². The van der Waals surface area contributed by atoms with Crippen LogP contribution >= 0.6 is 0 Å². The third-order valence-electron chi connectivity index (χ3n) is 2.43. The van der Waals surface area contributed by atoms with Crippen molar-refractivity contribution in [1.29, 1.82) is 0 Å². The Kier molecular flexibility index (Phi) is 4.03. The van der Waals surface area contributed by atoms with E-state index in [1.54, 1.807) is 20.8 Å². The number of alkyl carbamates (subject to hydrolysis) is 1. The molecule has 0 saturated carbocycles. The number of nitrogens with one attached hydrogen (secondary N) is 1. The minimum absolute atomic E-state index is 0.00628. The molecule has 1 aliphatic heterocycles. The van der Waals surface area contributed by atoms with Crippen LogP contribution in [0.3, 0.4) is 0 Å². The van der Waals surface area contributed by atoms with Gasteiger partial charge in [0.05, 0.1) is 11.5 Å². The summed E-state index contributed by atoms with van der Waals surface area (Å²) in [5, 5.41) is 2.54. The zero-order valence-electron chi connectivity index (χ0n) is 10.4. The van der Waals surface area contributed by atoms with E-state index in [9.17, 15) is 13.2 Å². The van der Waals surface area contributed by atoms with Crippen LogP contribution in [-0.4, -0.2) is 44.2 Å². The number of carbonyl (C=O) groups is 1. The lowest BCUT2D eigenvalue weighted by Gasteiger charge is -2.21. The molecule has 0 aliphatic carbocycles. The van der Waals surface area contributed by atoms with Crippen molar-refractivity contribution in [2.75, 3.05) is 18.1 Å². The summed E-state index contributed by atoms with van der Waals surface area (Å²) in [6.07, 6.45) is -0.547. The Morgan fingerprint density at radius 1 is 1.41 bits per heavy atom. The SMILES string of the molecule is CC(C)(C)OC(=O)NC[C@@H]1CS(=O)(=O)C[C@@H]1N. The fraction of sp³-hybridized carbons (Fsp3) is 0.900. The minimum atomic E-state index is -3.04. The van der Waals surface area contributed by atoms with Crippen molar-refractivity contribution in [2.24, 2.45) is 11.7 Å². The molecule has 6 nitrogen and oxygen atoms in total. The van der Waals surface area contributed by atoms with Gasteiger partial charge < -0.3 is 15.8 Å². The third-order valence-corrected chi connectivity index (χ3v) is 4.26. The highest BCUT2D eigenvalue weighted by Crippen LogP contribution is 2.17. The molecule has 1 amide bonds. The maximum atomic E-state index is 11.4. The second-order valence-electron chi connectivity index (χ2n) is 5.38. The van der Waals surface area contributed by atoms with E-state index in [1.165, 1.54) is 0 Å². The molecule has 1 rings (SSSR count). The lowest BCUT2D eigenvalue weighted by Crippen LogP contribution is -2.40. The summed E-state index contributed by atoms with van der Waals surface area (Å²) in [5.41, 5.74) is 5.14. The van der Waals surface area contributed by atoms with Gasteiger partial charge in [-0.25, -0.2) is 13.2 Å². The highest BCUT2D eigenvalue weighted by atomic mass is 32.2. The summed E-state index contributed by atoms with van der Waals surface area (Å²) in [4.78, 5) is 11.4. The molecule has 1 aliphatic rings. The lowest BCUT2D eigenvalue weighted by molar-refractivity contribution is 0.0520. The first-order chi connectivity index (χ1) is 7.59. The predicted molar refractivity (Wildman–Crippen MR) is 64.4 cm³/mol. The van der Waals surface area contributed by atoms with Gasteiger partial charge in [-0.1, -0.05) is 0 Å². The average molecular weight is 264 g/mol. The van der Waals surface area contributed by atoms with Crippen LogP contribution in [0, 0.1) is 5.92 Å². The van der Waals surface area contributed by atoms with Gasteiger partial charge in [0.25, 0.3) is 0 Å². The van der Waals surface area contributed by atoms with E-state index in [0.29, 0.717) is 0 Å². The summed E-state index contributed by atoms with van der Waals surface area (Å²) in [6, 6.07) is -0.407. The Bertz CT molecular complexity index is 386. The molecule has 0 radical (unpaired) electrons. The van der Waals surface area contributed by atoms with Crippen LogP contribution in [0.15, 0.2) is 0 Å². The average Bonchev–Trinajstić information content (AvgIpc) is 2.33. The van der Waals surface area contributed by atoms with E-state index in [2.05, 4.69) is 5.32 Å². The van der Waals surface area contributed by atoms with Crippen molar-refractivity contribution in [3.05, 3.63) is 0 Å². The van der Waals surface area contributed by atoms with Crippen LogP contribution in [-0.2, 0) is 14.6 Å². The molecule has 0 aromatic heterocycles. The second-order valence-corrected chi connectivity index (χ2v) is 7.54. The maximum Gasteiger partial charge on any atom is 0.407 e. The smallest absolute Gasteiger partial charge is 0.407 e. The van der Waals surface area contributed by atoms with Gasteiger partial charge in [0.1, 0.15) is 5.60 Å². The summed E-state index contributed by atoms with van der Waals surface area (Å²) < 4.78 is 27.6. The van der Waals surface area contributed by atoms with Crippen molar-refractivity contribution in [3.8, 4) is 0 Å². The monoisotopic (exact) mass is 264 g/mol. The largest absolute Gasteiger partial charge is 0.444 e. The van der Waals surface area contributed by atoms with Gasteiger partial charge in [-0.15, -0.1) is 0 Å². The van der Waals surface area contributed by atoms with Gasteiger partial charge in [0.15, 0.2) is 9.84 Å². The molecule has 2 atom stereocenters. The normalized spacial score (nSPS) is 27.8. The van der Waals surface area contributed by atoms with E-state index in [0.717, 1.165) is 0 Å². The number of ether oxygens (including phenoxy) is 1. The Morgan fingerprint density at radius 3 is 2.41 bits per heavy atom. The number of amides is 1. The van der Waals surface area contributed by atoms with Gasteiger partial charge >= 0.3 is 6.09 Å². The van der Waals surface area contributed by atoms with Crippen molar-refractivity contribution in [1.82, 2.24) is 5.32 Å². The van der Waals surface area contributed by atoms with Gasteiger partial charge in [0.2, 0.25) is 0 Å². The Morgan fingerprint density at radius 2 is 2.00 bits per heavy atom. The third kappa shape index (κ3) is 4.91. The number of rotatable bonds is 2. The Balaban J connectivity index is 2.40. The first-order valence-corrected chi connectivity index (χ1v) is 7.34. The molecule has 0 unspecified atom stereocenters. The summed E-state index contributed by atoms with van der Waals surface area (Å²) in [5.74, 6) is -0.204. The minimum Gasteiger partial charge on any atom is -0.444 e. The summed E-state index contributed by atoms with van der Waals surface area (Å²) in [7, 11) is -3.04. The molecule has 1 fully saturated rings. The highest BCUT2D eigenvalue weighted by molar-refractivity contribution is 7.91. The van der Waals surface area contributed by atoms with Crippen LogP contribution in [0.1, 0.15) is 20.8 Å². The maximum absolute atomic E-state index is 11.4. The van der Waals surface area contributed by atoms with Crippen LogP contribution in [0.2, 0.25) is 0 Å². The molecule has 1 heterocycles. The van der Waals surface area contributed by atoms with Gasteiger partial charge in [-0.05, 0) is 20.8 Å². The molecule has 0 aromatic carbocycles. The Hall–Kier alpha value is -0.820. The number of hydrogen-bond donors (Lipinski definition) is 2. The van der Waals surface area contributed by atoms with Crippen molar-refractivity contribution in [3.63, 3.8) is 0 Å². The molecular weight excluding hydrogens is 244 g/mol. The molecule has 17 heavy (non-hydrogen) atoms. The zero-order chi connectivity index (χ0) is 13.3. The molecule has 0 bridgehead atoms. The first-order valence-electron chi connectivity index (χ1n) is 5.52. The van der Waals surface area contributed by atoms with Crippen molar-refractivity contribution < 1.29 is 17.9 Å². The standard InChI is InChI=1S/C10H20N2O4S/c1-10(2,3)16-9(13)12-4-7-5-17(14,15)6-8(7)11/h7-8H,4-6,11H2,1-3H3,(H,12,13)/t7-,8+/m1/s1. The molecular formula is C10H20N2O4S. The van der Waals surface area contributed by atoms with Gasteiger partial charge in [0, 0.05) is 18.5 Å². The topological polar surface area (TPSA) is 98.5 Å². The molecule has 1 saturated heterocycles. The summed E-state index contributed by atoms with van der Waals surface area (Å²) in [6.45, 7) is 5.52. The summed E-state index contributed by atoms with van der Waals surface area (Å²) >= 11 is 0. The number of nitrogens with two attached hydrogens (primary N) is 1. The molecule has 3 N–H and O–H groups in total. The molecule has 7 heteroatoms. The fourth-order valence-electron chi connectivity index (χ4n) is 1.69. The van der Waals surface area contributed by atoms with Crippen molar-refractivity contribution in [2.45, 2.75) is 32.4 Å². The van der Waals surface area contributed by atoms with Gasteiger partial charge in [-0.2, -0.15) is 0 Å². The Labute approximate surface area is 102 Å². The molecule has 0 aromatic rings. The molecule has 100 valence electrons. The number of sulfone groups is 1. The zero-order valence-corrected chi connectivity index (χ0v) is 11.2. The highest BCUT2D eigenvalue weighted by Gasteiger charge is 2.35.